The van der Waals surface area contributed by atoms with Crippen molar-refractivity contribution in [3.63, 3.8) is 0 Å². The Bertz CT molecular complexity index is 432. The smallest absolute Gasteiger partial charge is 0.315 e. The Labute approximate surface area is 119 Å². The van der Waals surface area contributed by atoms with Gasteiger partial charge in [-0.1, -0.05) is 44.2 Å². The summed E-state index contributed by atoms with van der Waals surface area (Å²) in [5.74, 6) is -0.177. The Morgan fingerprint density at radius 2 is 1.85 bits per heavy atom. The molecule has 0 aliphatic carbocycles. The average Bonchev–Trinajstić information content (AvgIpc) is 2.45. The standard InChI is InChI=1S/C15H22N2O3/c1-11(2)13(9-14(18)20-3)17-15(19)16-10-12-7-5-4-6-8-12/h4-8,11,13H,9-10H2,1-3H3,(H2,16,17,19). The molecule has 2 N–H and O–H groups in total. The van der Waals surface area contributed by atoms with Gasteiger partial charge in [0.15, 0.2) is 0 Å². The maximum absolute atomic E-state index is 11.8. The van der Waals surface area contributed by atoms with Crippen LogP contribution in [0.1, 0.15) is 25.8 Å². The van der Waals surface area contributed by atoms with E-state index in [1.165, 1.54) is 7.11 Å². The van der Waals surface area contributed by atoms with Gasteiger partial charge < -0.3 is 15.4 Å². The van der Waals surface area contributed by atoms with Gasteiger partial charge >= 0.3 is 12.0 Å². The second kappa shape index (κ2) is 8.19. The van der Waals surface area contributed by atoms with Gasteiger partial charge in [0.25, 0.3) is 0 Å². The van der Waals surface area contributed by atoms with E-state index in [2.05, 4.69) is 15.4 Å². The summed E-state index contributed by atoms with van der Waals surface area (Å²) in [4.78, 5) is 23.1. The van der Waals surface area contributed by atoms with Crippen LogP contribution in [0.15, 0.2) is 30.3 Å². The fraction of sp³-hybridized carbons (Fsp3) is 0.467. The second-order valence-electron chi connectivity index (χ2n) is 4.94. The van der Waals surface area contributed by atoms with Gasteiger partial charge in [-0.2, -0.15) is 0 Å². The number of benzene rings is 1. The summed E-state index contributed by atoms with van der Waals surface area (Å²) in [5, 5.41) is 5.57. The van der Waals surface area contributed by atoms with Crippen LogP contribution in [0.5, 0.6) is 0 Å². The number of ether oxygens (including phenoxy) is 1. The highest BCUT2D eigenvalue weighted by atomic mass is 16.5. The molecule has 0 fully saturated rings. The second-order valence-corrected chi connectivity index (χ2v) is 4.94. The van der Waals surface area contributed by atoms with E-state index in [9.17, 15) is 9.59 Å². The molecular weight excluding hydrogens is 256 g/mol. The molecule has 1 atom stereocenters. The molecule has 1 aromatic rings. The molecule has 0 saturated carbocycles. The first-order valence-corrected chi connectivity index (χ1v) is 6.68. The van der Waals surface area contributed by atoms with Crippen LogP contribution in [0.4, 0.5) is 4.79 Å². The van der Waals surface area contributed by atoms with Crippen molar-refractivity contribution in [2.75, 3.05) is 7.11 Å². The van der Waals surface area contributed by atoms with Crippen LogP contribution < -0.4 is 10.6 Å². The summed E-state index contributed by atoms with van der Waals surface area (Å²) >= 11 is 0. The van der Waals surface area contributed by atoms with Crippen LogP contribution in [-0.2, 0) is 16.1 Å². The van der Waals surface area contributed by atoms with E-state index in [-0.39, 0.29) is 30.4 Å². The lowest BCUT2D eigenvalue weighted by Crippen LogP contribution is -2.45. The summed E-state index contributed by atoms with van der Waals surface area (Å²) in [6, 6.07) is 9.12. The van der Waals surface area contributed by atoms with E-state index >= 15 is 0 Å². The maximum atomic E-state index is 11.8. The van der Waals surface area contributed by atoms with E-state index in [0.717, 1.165) is 5.56 Å². The molecule has 5 heteroatoms. The highest BCUT2D eigenvalue weighted by Gasteiger charge is 2.19. The van der Waals surface area contributed by atoms with Gasteiger partial charge in [-0.25, -0.2) is 4.79 Å². The van der Waals surface area contributed by atoms with Crippen molar-refractivity contribution >= 4 is 12.0 Å². The Kier molecular flexibility index (Phi) is 6.56. The van der Waals surface area contributed by atoms with Crippen molar-refractivity contribution in [3.8, 4) is 0 Å². The highest BCUT2D eigenvalue weighted by Crippen LogP contribution is 2.07. The van der Waals surface area contributed by atoms with Gasteiger partial charge in [0, 0.05) is 12.6 Å². The van der Waals surface area contributed by atoms with Gasteiger partial charge in [0.1, 0.15) is 0 Å². The highest BCUT2D eigenvalue weighted by molar-refractivity contribution is 5.76. The summed E-state index contributed by atoms with van der Waals surface area (Å²) in [6.07, 6.45) is 0.174. The van der Waals surface area contributed by atoms with Crippen molar-refractivity contribution in [3.05, 3.63) is 35.9 Å². The van der Waals surface area contributed by atoms with E-state index in [1.807, 2.05) is 44.2 Å². The zero-order valence-corrected chi connectivity index (χ0v) is 12.2. The van der Waals surface area contributed by atoms with Gasteiger partial charge in [-0.3, -0.25) is 4.79 Å². The SMILES string of the molecule is COC(=O)CC(NC(=O)NCc1ccccc1)C(C)C. The summed E-state index contributed by atoms with van der Waals surface area (Å²) in [7, 11) is 1.34. The summed E-state index contributed by atoms with van der Waals surface area (Å²) in [6.45, 7) is 4.35. The molecule has 1 unspecified atom stereocenters. The van der Waals surface area contributed by atoms with Gasteiger partial charge in [-0.15, -0.1) is 0 Å². The molecule has 0 aliphatic heterocycles. The van der Waals surface area contributed by atoms with Gasteiger partial charge in [0.2, 0.25) is 0 Å². The molecule has 1 rings (SSSR count). The van der Waals surface area contributed by atoms with Crippen molar-refractivity contribution in [2.45, 2.75) is 32.9 Å². The topological polar surface area (TPSA) is 67.4 Å². The molecule has 0 bridgehead atoms. The number of hydrogen-bond acceptors (Lipinski definition) is 3. The van der Waals surface area contributed by atoms with E-state index in [0.29, 0.717) is 6.54 Å². The number of carbonyl (C=O) groups excluding carboxylic acids is 2. The third kappa shape index (κ3) is 5.73. The molecule has 1 aromatic carbocycles. The molecule has 2 amide bonds. The molecule has 20 heavy (non-hydrogen) atoms. The lowest BCUT2D eigenvalue weighted by Gasteiger charge is -2.21. The molecule has 0 spiro atoms. The number of hydrogen-bond donors (Lipinski definition) is 2. The zero-order chi connectivity index (χ0) is 15.0. The van der Waals surface area contributed by atoms with E-state index in [4.69, 9.17) is 0 Å². The lowest BCUT2D eigenvalue weighted by atomic mass is 10.0. The molecular formula is C15H22N2O3. The minimum absolute atomic E-state index is 0.150. The molecule has 0 aliphatic rings. The number of amides is 2. The molecule has 110 valence electrons. The largest absolute Gasteiger partial charge is 0.469 e. The third-order valence-corrected chi connectivity index (χ3v) is 3.03. The van der Waals surface area contributed by atoms with Gasteiger partial charge in [0.05, 0.1) is 13.5 Å². The average molecular weight is 278 g/mol. The molecule has 5 nitrogen and oxygen atoms in total. The van der Waals surface area contributed by atoms with Crippen LogP contribution in [0, 0.1) is 5.92 Å². The molecule has 0 heterocycles. The van der Waals surface area contributed by atoms with Crippen LogP contribution >= 0.6 is 0 Å². The quantitative estimate of drug-likeness (QED) is 0.783. The first-order chi connectivity index (χ1) is 9.52. The number of carbonyl (C=O) groups is 2. The normalized spacial score (nSPS) is 11.8. The van der Waals surface area contributed by atoms with Crippen molar-refractivity contribution in [2.24, 2.45) is 5.92 Å². The fourth-order valence-electron chi connectivity index (χ4n) is 1.71. The van der Waals surface area contributed by atoms with E-state index in [1.54, 1.807) is 0 Å². The minimum atomic E-state index is -0.327. The van der Waals surface area contributed by atoms with Gasteiger partial charge in [-0.05, 0) is 11.5 Å². The van der Waals surface area contributed by atoms with Crippen LogP contribution in [0.3, 0.4) is 0 Å². The minimum Gasteiger partial charge on any atom is -0.469 e. The lowest BCUT2D eigenvalue weighted by molar-refractivity contribution is -0.141. The number of methoxy groups -OCH3 is 1. The monoisotopic (exact) mass is 278 g/mol. The van der Waals surface area contributed by atoms with Crippen LogP contribution in [0.25, 0.3) is 0 Å². The Hall–Kier alpha value is -2.04. The predicted octanol–water partition coefficient (Wildman–Crippen LogP) is 2.07. The predicted molar refractivity (Wildman–Crippen MR) is 77.1 cm³/mol. The van der Waals surface area contributed by atoms with Crippen LogP contribution in [-0.4, -0.2) is 25.2 Å². The number of esters is 1. The molecule has 0 aromatic heterocycles. The number of urea groups is 1. The molecule has 0 saturated heterocycles. The third-order valence-electron chi connectivity index (χ3n) is 3.03. The summed E-state index contributed by atoms with van der Waals surface area (Å²) < 4.78 is 4.63. The number of nitrogens with one attached hydrogen (secondary N) is 2. The maximum Gasteiger partial charge on any atom is 0.315 e. The Morgan fingerprint density at radius 1 is 1.20 bits per heavy atom. The zero-order valence-electron chi connectivity index (χ0n) is 12.2. The molecule has 0 radical (unpaired) electrons. The van der Waals surface area contributed by atoms with Crippen LogP contribution in [0.2, 0.25) is 0 Å². The fourth-order valence-corrected chi connectivity index (χ4v) is 1.71. The first-order valence-electron chi connectivity index (χ1n) is 6.68. The Morgan fingerprint density at radius 3 is 2.40 bits per heavy atom. The Balaban J connectivity index is 2.44. The van der Waals surface area contributed by atoms with Crippen molar-refractivity contribution in [1.29, 1.82) is 0 Å². The number of rotatable bonds is 6. The van der Waals surface area contributed by atoms with E-state index < -0.39 is 0 Å². The summed E-state index contributed by atoms with van der Waals surface area (Å²) in [5.41, 5.74) is 1.02. The first kappa shape index (κ1) is 16.0. The van der Waals surface area contributed by atoms with Crippen molar-refractivity contribution in [1.82, 2.24) is 10.6 Å². The van der Waals surface area contributed by atoms with Crippen molar-refractivity contribution < 1.29 is 14.3 Å².